The number of allylic oxidation sites excluding steroid dienone is 4. The van der Waals surface area contributed by atoms with Crippen molar-refractivity contribution in [1.82, 2.24) is 10.6 Å². The zero-order chi connectivity index (χ0) is 31.6. The fourth-order valence-corrected chi connectivity index (χ4v) is 4.95. The van der Waals surface area contributed by atoms with Crippen LogP contribution in [0.15, 0.2) is 71.1 Å². The lowest BCUT2D eigenvalue weighted by molar-refractivity contribution is -0.120. The van der Waals surface area contributed by atoms with Gasteiger partial charge in [-0.2, -0.15) is 0 Å². The van der Waals surface area contributed by atoms with E-state index in [0.29, 0.717) is 12.0 Å². The number of hydrogen-bond donors (Lipinski definition) is 4. The summed E-state index contributed by atoms with van der Waals surface area (Å²) in [6, 6.07) is 0. The molecule has 1 heterocycles. The van der Waals surface area contributed by atoms with Crippen LogP contribution < -0.4 is 16.4 Å². The maximum absolute atomic E-state index is 13.5. The van der Waals surface area contributed by atoms with Crippen molar-refractivity contribution in [3.8, 4) is 0 Å². The molecule has 0 aromatic heterocycles. The van der Waals surface area contributed by atoms with Crippen LogP contribution in [0.1, 0.15) is 40.5 Å². The van der Waals surface area contributed by atoms with E-state index < -0.39 is 53.9 Å². The minimum atomic E-state index is -1.00. The smallest absolute Gasteiger partial charge is 0.405 e. The van der Waals surface area contributed by atoms with Gasteiger partial charge in [0.05, 0.1) is 23.6 Å². The van der Waals surface area contributed by atoms with Gasteiger partial charge in [0.25, 0.3) is 5.91 Å². The Bertz CT molecular complexity index is 1210. The zero-order valence-electron chi connectivity index (χ0n) is 25.1. The lowest BCUT2D eigenvalue weighted by Gasteiger charge is -2.30. The van der Waals surface area contributed by atoms with E-state index in [0.717, 1.165) is 6.08 Å². The number of primary amides is 1. The molecule has 0 fully saturated rings. The molecule has 11 nitrogen and oxygen atoms in total. The van der Waals surface area contributed by atoms with Crippen LogP contribution in [0.3, 0.4) is 0 Å². The lowest BCUT2D eigenvalue weighted by Crippen LogP contribution is -2.37. The topological polar surface area (TPSA) is 166 Å². The number of ether oxygens (including phenoxy) is 3. The molecule has 2 rings (SSSR count). The monoisotopic (exact) mass is 585 g/mol. The molecule has 230 valence electrons. The average Bonchev–Trinajstić information content (AvgIpc) is 2.94. The van der Waals surface area contributed by atoms with Crippen LogP contribution in [0.4, 0.5) is 4.79 Å². The van der Waals surface area contributed by atoms with Gasteiger partial charge in [-0.1, -0.05) is 44.2 Å². The summed E-state index contributed by atoms with van der Waals surface area (Å²) in [5.41, 5.74) is 6.42. The van der Waals surface area contributed by atoms with Gasteiger partial charge in [0.1, 0.15) is 6.10 Å². The van der Waals surface area contributed by atoms with Crippen LogP contribution in [-0.2, 0) is 28.6 Å². The maximum Gasteiger partial charge on any atom is 0.405 e. The second-order valence-electron chi connectivity index (χ2n) is 10.6. The number of rotatable bonds is 6. The van der Waals surface area contributed by atoms with Gasteiger partial charge in [0, 0.05) is 43.9 Å². The summed E-state index contributed by atoms with van der Waals surface area (Å²) in [5.74, 6) is -2.14. The van der Waals surface area contributed by atoms with Gasteiger partial charge in [-0.3, -0.25) is 14.4 Å². The Morgan fingerprint density at radius 3 is 2.50 bits per heavy atom. The molecule has 2 bridgehead atoms. The van der Waals surface area contributed by atoms with E-state index in [1.54, 1.807) is 45.1 Å². The number of carbonyl (C=O) groups excluding carboxylic acids is 4. The molecule has 0 aromatic rings. The van der Waals surface area contributed by atoms with E-state index in [2.05, 4.69) is 17.2 Å². The number of nitrogens with one attached hydrogen (secondary N) is 2. The minimum Gasteiger partial charge on any atom is -0.439 e. The standard InChI is InChI=1S/C31H43N3O8/c1-8-12-33-26-21-13-17(2)14-25(41-7)27(36)19(4)15-20(5)29(42-31(32)39)24(40-6)11-9-10-18(3)30(38)34-22(28(21)37)16-23(26)35/h8-11,15-17,19,24-25,27,29,33,36H,1,12-14H2,2-7H3,(H2,32,39)(H,34,38)/b11-9+,18-10-,20-15+. The molecule has 6 unspecified atom stereocenters. The summed E-state index contributed by atoms with van der Waals surface area (Å²) >= 11 is 0. The van der Waals surface area contributed by atoms with Gasteiger partial charge in [0.2, 0.25) is 11.6 Å². The van der Waals surface area contributed by atoms with Crippen molar-refractivity contribution < 1.29 is 38.5 Å². The largest absolute Gasteiger partial charge is 0.439 e. The predicted octanol–water partition coefficient (Wildman–Crippen LogP) is 2.54. The van der Waals surface area contributed by atoms with E-state index >= 15 is 0 Å². The fraction of sp³-hybridized carbons (Fsp3) is 0.484. The summed E-state index contributed by atoms with van der Waals surface area (Å²) < 4.78 is 16.6. The van der Waals surface area contributed by atoms with E-state index in [-0.39, 0.29) is 41.4 Å². The van der Waals surface area contributed by atoms with Gasteiger partial charge >= 0.3 is 6.09 Å². The molecule has 1 aliphatic carbocycles. The number of fused-ring (bicyclic) bond motifs is 2. The molecule has 1 aliphatic heterocycles. The number of hydrogen-bond acceptors (Lipinski definition) is 9. The minimum absolute atomic E-state index is 0.132. The predicted molar refractivity (Wildman–Crippen MR) is 158 cm³/mol. The van der Waals surface area contributed by atoms with Gasteiger partial charge < -0.3 is 35.7 Å². The van der Waals surface area contributed by atoms with Crippen molar-refractivity contribution in [3.63, 3.8) is 0 Å². The van der Waals surface area contributed by atoms with E-state index in [9.17, 15) is 24.3 Å². The third-order valence-electron chi connectivity index (χ3n) is 7.22. The van der Waals surface area contributed by atoms with Gasteiger partial charge in [-0.05, 0) is 38.2 Å². The third-order valence-corrected chi connectivity index (χ3v) is 7.22. The van der Waals surface area contributed by atoms with Crippen molar-refractivity contribution in [2.75, 3.05) is 20.8 Å². The molecule has 0 saturated carbocycles. The number of Topliss-reactive ketones (excluding diaryl/α,β-unsaturated/α-hetero) is 1. The van der Waals surface area contributed by atoms with Crippen LogP contribution in [-0.4, -0.2) is 73.9 Å². The summed E-state index contributed by atoms with van der Waals surface area (Å²) in [6.45, 7) is 10.9. The quantitative estimate of drug-likeness (QED) is 0.271. The first-order valence-electron chi connectivity index (χ1n) is 13.8. The summed E-state index contributed by atoms with van der Waals surface area (Å²) in [4.78, 5) is 51.3. The SMILES string of the molecule is C=CCNC1=C2CC(C)CC(OC)C(O)C(C)/C=C(\C)C(OC(N)=O)C(OC)/C=C/C=C(/C)C(=O)NC(=CC1=O)C2=O. The third kappa shape index (κ3) is 9.10. The Morgan fingerprint density at radius 2 is 1.90 bits per heavy atom. The first kappa shape index (κ1) is 34.4. The Kier molecular flexibility index (Phi) is 13.1. The normalized spacial score (nSPS) is 31.6. The molecule has 0 aromatic carbocycles. The molecule has 2 aliphatic rings. The van der Waals surface area contributed by atoms with Crippen LogP contribution >= 0.6 is 0 Å². The van der Waals surface area contributed by atoms with Gasteiger partial charge in [-0.15, -0.1) is 6.58 Å². The molecule has 0 spiro atoms. The van der Waals surface area contributed by atoms with Crippen molar-refractivity contribution in [2.45, 2.75) is 65.0 Å². The Morgan fingerprint density at radius 1 is 1.21 bits per heavy atom. The number of amides is 2. The second-order valence-corrected chi connectivity index (χ2v) is 10.6. The lowest BCUT2D eigenvalue weighted by atomic mass is 9.85. The molecule has 11 heteroatoms. The van der Waals surface area contributed by atoms with Crippen LogP contribution in [0.25, 0.3) is 0 Å². The molecule has 0 radical (unpaired) electrons. The molecular weight excluding hydrogens is 542 g/mol. The molecule has 42 heavy (non-hydrogen) atoms. The molecule has 6 atom stereocenters. The highest BCUT2D eigenvalue weighted by atomic mass is 16.6. The number of carbonyl (C=O) groups is 4. The molecule has 5 N–H and O–H groups in total. The second kappa shape index (κ2) is 16.0. The Hall–Kier alpha value is -3.80. The number of methoxy groups -OCH3 is 2. The summed E-state index contributed by atoms with van der Waals surface area (Å²) in [6.07, 6.45) is 5.34. The van der Waals surface area contributed by atoms with Crippen molar-refractivity contribution in [1.29, 1.82) is 0 Å². The van der Waals surface area contributed by atoms with Crippen LogP contribution in [0.5, 0.6) is 0 Å². The van der Waals surface area contributed by atoms with E-state index in [1.165, 1.54) is 20.3 Å². The zero-order valence-corrected chi connectivity index (χ0v) is 25.1. The molecule has 0 saturated heterocycles. The van der Waals surface area contributed by atoms with Crippen molar-refractivity contribution in [3.05, 3.63) is 71.1 Å². The van der Waals surface area contributed by atoms with Crippen LogP contribution in [0.2, 0.25) is 0 Å². The Balaban J connectivity index is 2.62. The van der Waals surface area contributed by atoms with Crippen molar-refractivity contribution in [2.24, 2.45) is 17.6 Å². The number of aliphatic hydroxyl groups is 1. The number of nitrogens with two attached hydrogens (primary N) is 1. The van der Waals surface area contributed by atoms with E-state index in [4.69, 9.17) is 19.9 Å². The average molecular weight is 586 g/mol. The Labute approximate surface area is 247 Å². The first-order chi connectivity index (χ1) is 19.8. The molecular formula is C31H43N3O8. The summed E-state index contributed by atoms with van der Waals surface area (Å²) in [7, 11) is 2.92. The van der Waals surface area contributed by atoms with Crippen LogP contribution in [0, 0.1) is 11.8 Å². The van der Waals surface area contributed by atoms with Crippen molar-refractivity contribution >= 4 is 23.6 Å². The highest BCUT2D eigenvalue weighted by Gasteiger charge is 2.33. The highest BCUT2D eigenvalue weighted by Crippen LogP contribution is 2.28. The maximum atomic E-state index is 13.5. The highest BCUT2D eigenvalue weighted by molar-refractivity contribution is 6.23. The fourth-order valence-electron chi connectivity index (χ4n) is 4.95. The van der Waals surface area contributed by atoms with Gasteiger partial charge in [0.15, 0.2) is 6.10 Å². The number of aliphatic hydroxyl groups excluding tert-OH is 1. The number of ketones is 2. The summed E-state index contributed by atoms with van der Waals surface area (Å²) in [5, 5.41) is 16.7. The van der Waals surface area contributed by atoms with E-state index in [1.807, 2.05) is 6.92 Å². The molecule has 2 amide bonds. The van der Waals surface area contributed by atoms with Gasteiger partial charge in [-0.25, -0.2) is 4.79 Å². The first-order valence-corrected chi connectivity index (χ1v) is 13.8.